The predicted molar refractivity (Wildman–Crippen MR) is 51.0 cm³/mol. The van der Waals surface area contributed by atoms with Gasteiger partial charge in [-0.1, -0.05) is 6.07 Å². The Labute approximate surface area is 86.0 Å². The van der Waals surface area contributed by atoms with Crippen LogP contribution in [0.2, 0.25) is 0 Å². The second kappa shape index (κ2) is 3.61. The Morgan fingerprint density at radius 1 is 1.40 bits per heavy atom. The Balaban J connectivity index is 2.53. The quantitative estimate of drug-likeness (QED) is 0.674. The summed E-state index contributed by atoms with van der Waals surface area (Å²) in [6.45, 7) is -0.161. The molecule has 1 aromatic rings. The predicted octanol–water partition coefficient (Wildman–Crippen LogP) is 0.344. The number of imide groups is 1. The van der Waals surface area contributed by atoms with Crippen molar-refractivity contribution in [2.75, 3.05) is 13.7 Å². The monoisotopic (exact) mass is 207 g/mol. The van der Waals surface area contributed by atoms with Crippen molar-refractivity contribution in [1.29, 1.82) is 0 Å². The largest absolute Gasteiger partial charge is 0.496 e. The second-order valence-corrected chi connectivity index (χ2v) is 3.00. The van der Waals surface area contributed by atoms with Crippen molar-refractivity contribution >= 4 is 11.8 Å². The highest BCUT2D eigenvalue weighted by atomic mass is 16.5. The summed E-state index contributed by atoms with van der Waals surface area (Å²) in [5, 5.41) is 2.19. The molecule has 0 radical (unpaired) electrons. The molecule has 0 saturated carbocycles. The molecule has 78 valence electrons. The number of rotatable bonds is 1. The van der Waals surface area contributed by atoms with Gasteiger partial charge in [-0.3, -0.25) is 14.9 Å². The summed E-state index contributed by atoms with van der Waals surface area (Å²) in [5.74, 6) is -0.208. The number of methoxy groups -OCH3 is 1. The van der Waals surface area contributed by atoms with E-state index in [2.05, 4.69) is 5.32 Å². The van der Waals surface area contributed by atoms with Gasteiger partial charge in [0.25, 0.3) is 11.8 Å². The van der Waals surface area contributed by atoms with Crippen LogP contribution < -0.4 is 14.8 Å². The van der Waals surface area contributed by atoms with Crippen LogP contribution >= 0.6 is 0 Å². The van der Waals surface area contributed by atoms with Gasteiger partial charge in [0.2, 0.25) is 0 Å². The number of benzene rings is 1. The molecule has 0 fully saturated rings. The fraction of sp³-hybridized carbons (Fsp3) is 0.200. The summed E-state index contributed by atoms with van der Waals surface area (Å²) < 4.78 is 10.2. The van der Waals surface area contributed by atoms with E-state index in [1.54, 1.807) is 18.2 Å². The molecule has 2 rings (SSSR count). The van der Waals surface area contributed by atoms with Crippen LogP contribution in [-0.2, 0) is 4.79 Å². The molecule has 0 atom stereocenters. The highest BCUT2D eigenvalue weighted by Crippen LogP contribution is 2.29. The van der Waals surface area contributed by atoms with E-state index in [4.69, 9.17) is 9.47 Å². The number of hydrogen-bond acceptors (Lipinski definition) is 4. The van der Waals surface area contributed by atoms with Crippen molar-refractivity contribution in [3.05, 3.63) is 23.8 Å². The van der Waals surface area contributed by atoms with Crippen molar-refractivity contribution in [3.8, 4) is 11.5 Å². The van der Waals surface area contributed by atoms with E-state index in [0.29, 0.717) is 11.5 Å². The Hall–Kier alpha value is -2.04. The molecule has 1 aliphatic rings. The summed E-state index contributed by atoms with van der Waals surface area (Å²) in [4.78, 5) is 22.7. The van der Waals surface area contributed by atoms with Crippen LogP contribution in [-0.4, -0.2) is 25.5 Å². The second-order valence-electron chi connectivity index (χ2n) is 3.00. The molecule has 0 unspecified atom stereocenters. The molecule has 0 aromatic heterocycles. The van der Waals surface area contributed by atoms with Crippen LogP contribution in [0.1, 0.15) is 10.4 Å². The number of carbonyl (C=O) groups excluding carboxylic acids is 2. The van der Waals surface area contributed by atoms with Gasteiger partial charge < -0.3 is 9.47 Å². The van der Waals surface area contributed by atoms with E-state index in [1.165, 1.54) is 7.11 Å². The van der Waals surface area contributed by atoms with Crippen molar-refractivity contribution < 1.29 is 19.1 Å². The van der Waals surface area contributed by atoms with E-state index in [-0.39, 0.29) is 12.2 Å². The lowest BCUT2D eigenvalue weighted by Crippen LogP contribution is -2.31. The van der Waals surface area contributed by atoms with E-state index in [0.717, 1.165) is 0 Å². The molecule has 5 heteroatoms. The van der Waals surface area contributed by atoms with E-state index >= 15 is 0 Å². The highest BCUT2D eigenvalue weighted by Gasteiger charge is 2.24. The van der Waals surface area contributed by atoms with Crippen molar-refractivity contribution in [3.63, 3.8) is 0 Å². The highest BCUT2D eigenvalue weighted by molar-refractivity contribution is 6.09. The third kappa shape index (κ3) is 1.63. The zero-order valence-corrected chi connectivity index (χ0v) is 8.07. The molecule has 5 nitrogen and oxygen atoms in total. The standard InChI is InChI=1S/C10H9NO4/c1-14-6-3-2-4-7-9(6)10(13)11-8(12)5-15-7/h2-4H,5H2,1H3,(H,11,12,13). The minimum absolute atomic E-state index is 0.161. The van der Waals surface area contributed by atoms with Gasteiger partial charge in [0, 0.05) is 0 Å². The summed E-state index contributed by atoms with van der Waals surface area (Å²) >= 11 is 0. The van der Waals surface area contributed by atoms with Crippen molar-refractivity contribution in [2.24, 2.45) is 0 Å². The van der Waals surface area contributed by atoms with Crippen molar-refractivity contribution in [1.82, 2.24) is 5.32 Å². The van der Waals surface area contributed by atoms with Gasteiger partial charge in [-0.05, 0) is 12.1 Å². The SMILES string of the molecule is COc1cccc2c1C(=O)NC(=O)CO2. The molecule has 15 heavy (non-hydrogen) atoms. The fourth-order valence-electron chi connectivity index (χ4n) is 1.39. The van der Waals surface area contributed by atoms with Gasteiger partial charge in [0.1, 0.15) is 17.1 Å². The minimum atomic E-state index is -0.495. The van der Waals surface area contributed by atoms with Crippen LogP contribution in [0.4, 0.5) is 0 Å². The number of carbonyl (C=O) groups is 2. The molecule has 1 aliphatic heterocycles. The molecular formula is C10H9NO4. The molecule has 1 N–H and O–H groups in total. The fourth-order valence-corrected chi connectivity index (χ4v) is 1.39. The third-order valence-electron chi connectivity index (χ3n) is 2.05. The Bertz CT molecular complexity index is 427. The van der Waals surface area contributed by atoms with Crippen molar-refractivity contribution in [2.45, 2.75) is 0 Å². The van der Waals surface area contributed by atoms with E-state index in [9.17, 15) is 9.59 Å². The lowest BCUT2D eigenvalue weighted by atomic mass is 10.1. The minimum Gasteiger partial charge on any atom is -0.496 e. The summed E-state index contributed by atoms with van der Waals surface area (Å²) in [6, 6.07) is 4.95. The number of amides is 2. The third-order valence-corrected chi connectivity index (χ3v) is 2.05. The Morgan fingerprint density at radius 3 is 2.93 bits per heavy atom. The summed E-state index contributed by atoms with van der Waals surface area (Å²) in [7, 11) is 1.45. The maximum Gasteiger partial charge on any atom is 0.265 e. The molecular weight excluding hydrogens is 198 g/mol. The Kier molecular flexibility index (Phi) is 2.29. The van der Waals surface area contributed by atoms with Gasteiger partial charge in [0.05, 0.1) is 7.11 Å². The zero-order chi connectivity index (χ0) is 10.8. The van der Waals surface area contributed by atoms with Gasteiger partial charge >= 0.3 is 0 Å². The van der Waals surface area contributed by atoms with Gasteiger partial charge in [0.15, 0.2) is 6.61 Å². The molecule has 0 aliphatic carbocycles. The number of ether oxygens (including phenoxy) is 2. The van der Waals surface area contributed by atoms with Crippen LogP contribution in [0, 0.1) is 0 Å². The number of nitrogens with one attached hydrogen (secondary N) is 1. The van der Waals surface area contributed by atoms with Crippen LogP contribution in [0.5, 0.6) is 11.5 Å². The summed E-state index contributed by atoms with van der Waals surface area (Å²) in [6.07, 6.45) is 0. The Morgan fingerprint density at radius 2 is 2.20 bits per heavy atom. The smallest absolute Gasteiger partial charge is 0.265 e. The molecule has 1 aromatic carbocycles. The van der Waals surface area contributed by atoms with Crippen LogP contribution in [0.25, 0.3) is 0 Å². The molecule has 0 bridgehead atoms. The maximum atomic E-state index is 11.6. The zero-order valence-electron chi connectivity index (χ0n) is 8.07. The summed E-state index contributed by atoms with van der Waals surface area (Å²) in [5.41, 5.74) is 0.255. The topological polar surface area (TPSA) is 64.6 Å². The normalized spacial score (nSPS) is 14.7. The lowest BCUT2D eigenvalue weighted by molar-refractivity contribution is -0.121. The first-order valence-corrected chi connectivity index (χ1v) is 4.36. The molecule has 0 spiro atoms. The van der Waals surface area contributed by atoms with E-state index < -0.39 is 11.8 Å². The number of fused-ring (bicyclic) bond motifs is 1. The van der Waals surface area contributed by atoms with E-state index in [1.807, 2.05) is 0 Å². The molecule has 1 heterocycles. The van der Waals surface area contributed by atoms with Crippen LogP contribution in [0.3, 0.4) is 0 Å². The van der Waals surface area contributed by atoms with Gasteiger partial charge in [-0.15, -0.1) is 0 Å². The average molecular weight is 207 g/mol. The first kappa shape index (κ1) is 9.51. The van der Waals surface area contributed by atoms with Gasteiger partial charge in [-0.2, -0.15) is 0 Å². The first-order valence-electron chi connectivity index (χ1n) is 4.36. The molecule has 0 saturated heterocycles. The first-order chi connectivity index (χ1) is 7.22. The van der Waals surface area contributed by atoms with Gasteiger partial charge in [-0.25, -0.2) is 0 Å². The van der Waals surface area contributed by atoms with Crippen LogP contribution in [0.15, 0.2) is 18.2 Å². The average Bonchev–Trinajstić information content (AvgIpc) is 2.38. The number of hydrogen-bond donors (Lipinski definition) is 1. The molecule has 2 amide bonds. The maximum absolute atomic E-state index is 11.6. The lowest BCUT2D eigenvalue weighted by Gasteiger charge is -2.08.